The summed E-state index contributed by atoms with van der Waals surface area (Å²) in [7, 11) is 0. The van der Waals surface area contributed by atoms with Gasteiger partial charge in [-0.1, -0.05) is 72.3 Å². The van der Waals surface area contributed by atoms with E-state index in [4.69, 9.17) is 0 Å². The third-order valence-corrected chi connectivity index (χ3v) is 7.55. The highest BCUT2D eigenvalue weighted by molar-refractivity contribution is 6.11. The number of carbonyl (C=O) groups is 3. The summed E-state index contributed by atoms with van der Waals surface area (Å²) >= 11 is 0. The fraction of sp³-hybridized carbons (Fsp3) is 0.303. The summed E-state index contributed by atoms with van der Waals surface area (Å²) in [4.78, 5) is 43.5. The molecule has 1 aliphatic heterocycles. The Morgan fingerprint density at radius 1 is 1.03 bits per heavy atom. The minimum absolute atomic E-state index is 0.00860. The zero-order valence-corrected chi connectivity index (χ0v) is 22.4. The van der Waals surface area contributed by atoms with Crippen molar-refractivity contribution in [1.82, 2.24) is 15.2 Å². The van der Waals surface area contributed by atoms with Gasteiger partial charge >= 0.3 is 0 Å². The number of H-pyrrole nitrogens is 1. The maximum Gasteiger partial charge on any atom is 0.222 e. The fourth-order valence-electron chi connectivity index (χ4n) is 5.30. The van der Waals surface area contributed by atoms with E-state index in [1.807, 2.05) is 47.4 Å². The zero-order chi connectivity index (χ0) is 27.2. The molecule has 2 N–H and O–H groups in total. The van der Waals surface area contributed by atoms with Crippen LogP contribution in [0.25, 0.3) is 10.9 Å². The molecule has 1 saturated heterocycles. The van der Waals surface area contributed by atoms with E-state index in [1.165, 1.54) is 11.1 Å². The van der Waals surface area contributed by atoms with Gasteiger partial charge in [0, 0.05) is 60.7 Å². The van der Waals surface area contributed by atoms with Crippen LogP contribution in [-0.2, 0) is 11.2 Å². The molecule has 3 aromatic carbocycles. The molecule has 0 aliphatic carbocycles. The molecule has 6 nitrogen and oxygen atoms in total. The first-order valence-electron chi connectivity index (χ1n) is 13.8. The van der Waals surface area contributed by atoms with Gasteiger partial charge in [0.05, 0.1) is 6.04 Å². The molecular formula is C33H35N3O3. The van der Waals surface area contributed by atoms with E-state index in [0.29, 0.717) is 43.5 Å². The number of Topliss-reactive ketones (excluding diaryl/α,β-unsaturated/α-hetero) is 2. The monoisotopic (exact) mass is 521 g/mol. The number of carbonyl (C=O) groups excluding carboxylic acids is 3. The van der Waals surface area contributed by atoms with Crippen molar-refractivity contribution in [2.45, 2.75) is 45.1 Å². The number of fused-ring (bicyclic) bond motifs is 1. The Kier molecular flexibility index (Phi) is 8.33. The van der Waals surface area contributed by atoms with E-state index in [2.05, 4.69) is 41.5 Å². The van der Waals surface area contributed by atoms with Gasteiger partial charge in [-0.2, -0.15) is 0 Å². The highest BCUT2D eigenvalue weighted by Gasteiger charge is 2.24. The summed E-state index contributed by atoms with van der Waals surface area (Å²) in [5.41, 5.74) is 5.37. The molecule has 2 heterocycles. The summed E-state index contributed by atoms with van der Waals surface area (Å²) in [5.74, 6) is 0.225. The number of amides is 1. The Labute approximate surface area is 229 Å². The van der Waals surface area contributed by atoms with E-state index in [0.717, 1.165) is 35.9 Å². The lowest BCUT2D eigenvalue weighted by atomic mass is 9.96. The van der Waals surface area contributed by atoms with Crippen LogP contribution in [0.2, 0.25) is 0 Å². The molecule has 39 heavy (non-hydrogen) atoms. The molecule has 4 aromatic rings. The predicted molar refractivity (Wildman–Crippen MR) is 154 cm³/mol. The molecule has 1 fully saturated rings. The normalized spacial score (nSPS) is 14.2. The van der Waals surface area contributed by atoms with Crippen LogP contribution in [0.5, 0.6) is 0 Å². The van der Waals surface area contributed by atoms with Crippen molar-refractivity contribution in [3.8, 4) is 0 Å². The topological polar surface area (TPSA) is 82.3 Å². The van der Waals surface area contributed by atoms with Crippen LogP contribution in [0.15, 0.2) is 79.0 Å². The first-order chi connectivity index (χ1) is 19.0. The first kappa shape index (κ1) is 26.6. The number of hydrogen-bond acceptors (Lipinski definition) is 4. The number of ketones is 2. The quantitative estimate of drug-likeness (QED) is 0.230. The van der Waals surface area contributed by atoms with E-state index < -0.39 is 6.04 Å². The van der Waals surface area contributed by atoms with Gasteiger partial charge < -0.3 is 15.2 Å². The number of aryl methyl sites for hydroxylation is 1. The van der Waals surface area contributed by atoms with Crippen LogP contribution in [0, 0.1) is 6.92 Å². The fourth-order valence-corrected chi connectivity index (χ4v) is 5.30. The molecule has 1 amide bonds. The molecule has 5 rings (SSSR count). The smallest absolute Gasteiger partial charge is 0.222 e. The number of rotatable bonds is 12. The largest absolute Gasteiger partial charge is 0.360 e. The molecule has 0 unspecified atom stereocenters. The number of benzene rings is 3. The van der Waals surface area contributed by atoms with E-state index in [9.17, 15) is 14.4 Å². The van der Waals surface area contributed by atoms with Gasteiger partial charge in [0.15, 0.2) is 11.6 Å². The zero-order valence-electron chi connectivity index (χ0n) is 22.4. The standard InChI is InChI=1S/C33H35N3O3/c1-23-11-13-24(14-12-23)17-18-34-32(25-7-3-2-4-8-25)33(39)28-22-35-29-21-26(15-16-27(28)29)30(37)9-5-19-36-20-6-10-31(36)38/h2-4,7-8,11-16,21-22,32,34-35H,5-6,9-10,17-20H2,1H3/t32-/m0/s1. The summed E-state index contributed by atoms with van der Waals surface area (Å²) < 4.78 is 0. The van der Waals surface area contributed by atoms with E-state index >= 15 is 0 Å². The van der Waals surface area contributed by atoms with Crippen molar-refractivity contribution in [2.24, 2.45) is 0 Å². The molecule has 1 atom stereocenters. The molecule has 0 bridgehead atoms. The molecule has 0 spiro atoms. The SMILES string of the molecule is Cc1ccc(CCN[C@H](C(=O)c2c[nH]c3cc(C(=O)CCCN4CCCC4=O)ccc23)c2ccccc2)cc1. The number of aromatic amines is 1. The van der Waals surface area contributed by atoms with Crippen molar-refractivity contribution in [2.75, 3.05) is 19.6 Å². The molecule has 6 heteroatoms. The minimum atomic E-state index is -0.481. The lowest BCUT2D eigenvalue weighted by Crippen LogP contribution is -2.30. The number of nitrogens with one attached hydrogen (secondary N) is 2. The van der Waals surface area contributed by atoms with Crippen LogP contribution in [0.1, 0.15) is 69.1 Å². The van der Waals surface area contributed by atoms with Crippen molar-refractivity contribution in [1.29, 1.82) is 0 Å². The Hall–Kier alpha value is -4.03. The third kappa shape index (κ3) is 6.35. The minimum Gasteiger partial charge on any atom is -0.360 e. The summed E-state index contributed by atoms with van der Waals surface area (Å²) in [6, 6.07) is 23.3. The number of aromatic nitrogens is 1. The lowest BCUT2D eigenvalue weighted by Gasteiger charge is -2.18. The maximum absolute atomic E-state index is 13.8. The summed E-state index contributed by atoms with van der Waals surface area (Å²) in [5, 5.41) is 4.29. The van der Waals surface area contributed by atoms with Gasteiger partial charge in [-0.15, -0.1) is 0 Å². The molecule has 0 radical (unpaired) electrons. The van der Waals surface area contributed by atoms with Gasteiger partial charge in [0.1, 0.15) is 0 Å². The van der Waals surface area contributed by atoms with E-state index in [-0.39, 0.29) is 17.5 Å². The van der Waals surface area contributed by atoms with Gasteiger partial charge in [-0.05, 0) is 43.4 Å². The second-order valence-electron chi connectivity index (χ2n) is 10.4. The molecular weight excluding hydrogens is 486 g/mol. The Balaban J connectivity index is 1.28. The summed E-state index contributed by atoms with van der Waals surface area (Å²) in [6.07, 6.45) is 5.14. The summed E-state index contributed by atoms with van der Waals surface area (Å²) in [6.45, 7) is 4.16. The van der Waals surface area contributed by atoms with Gasteiger partial charge in [0.2, 0.25) is 5.91 Å². The maximum atomic E-state index is 13.8. The average Bonchev–Trinajstić information content (AvgIpc) is 3.57. The first-order valence-corrected chi connectivity index (χ1v) is 13.8. The highest BCUT2D eigenvalue weighted by Crippen LogP contribution is 2.26. The van der Waals surface area contributed by atoms with Crippen molar-refractivity contribution in [3.63, 3.8) is 0 Å². The van der Waals surface area contributed by atoms with Crippen LogP contribution in [0.3, 0.4) is 0 Å². The second-order valence-corrected chi connectivity index (χ2v) is 10.4. The van der Waals surface area contributed by atoms with Gasteiger partial charge in [0.25, 0.3) is 0 Å². The molecule has 1 aliphatic rings. The Morgan fingerprint density at radius 2 is 1.82 bits per heavy atom. The number of hydrogen-bond donors (Lipinski definition) is 2. The van der Waals surface area contributed by atoms with Crippen LogP contribution in [0.4, 0.5) is 0 Å². The lowest BCUT2D eigenvalue weighted by molar-refractivity contribution is -0.127. The highest BCUT2D eigenvalue weighted by atomic mass is 16.2. The van der Waals surface area contributed by atoms with Crippen LogP contribution < -0.4 is 5.32 Å². The van der Waals surface area contributed by atoms with Crippen molar-refractivity contribution >= 4 is 28.4 Å². The third-order valence-electron chi connectivity index (χ3n) is 7.55. The molecule has 200 valence electrons. The van der Waals surface area contributed by atoms with Crippen LogP contribution in [-0.4, -0.2) is 47.0 Å². The van der Waals surface area contributed by atoms with Gasteiger partial charge in [-0.25, -0.2) is 0 Å². The molecule has 0 saturated carbocycles. The van der Waals surface area contributed by atoms with Crippen molar-refractivity contribution in [3.05, 3.63) is 107 Å². The Morgan fingerprint density at radius 3 is 2.56 bits per heavy atom. The Bertz CT molecular complexity index is 1460. The predicted octanol–water partition coefficient (Wildman–Crippen LogP) is 5.82. The van der Waals surface area contributed by atoms with Crippen LogP contribution >= 0.6 is 0 Å². The van der Waals surface area contributed by atoms with Crippen molar-refractivity contribution < 1.29 is 14.4 Å². The number of nitrogens with zero attached hydrogens (tertiary/aromatic N) is 1. The van der Waals surface area contributed by atoms with E-state index in [1.54, 1.807) is 12.3 Å². The second kappa shape index (κ2) is 12.2. The van der Waals surface area contributed by atoms with Gasteiger partial charge in [-0.3, -0.25) is 14.4 Å². The molecule has 1 aromatic heterocycles. The average molecular weight is 522 g/mol. The number of likely N-dealkylation sites (tertiary alicyclic amines) is 1.